The summed E-state index contributed by atoms with van der Waals surface area (Å²) in [6.45, 7) is 4.01. The summed E-state index contributed by atoms with van der Waals surface area (Å²) in [6, 6.07) is 11.9. The molecule has 0 saturated heterocycles. The highest BCUT2D eigenvalue weighted by atomic mass is 35.5. The molecule has 2 aromatic heterocycles. The number of hydrogen-bond donors (Lipinski definition) is 3. The zero-order valence-electron chi connectivity index (χ0n) is 18.2. The van der Waals surface area contributed by atoms with Gasteiger partial charge < -0.3 is 5.32 Å². The highest BCUT2D eigenvalue weighted by Gasteiger charge is 2.29. The average molecular weight is 467 g/mol. The van der Waals surface area contributed by atoms with Crippen molar-refractivity contribution in [3.8, 4) is 0 Å². The molecule has 4 aromatic rings. The van der Waals surface area contributed by atoms with Gasteiger partial charge >= 0.3 is 0 Å². The van der Waals surface area contributed by atoms with Crippen LogP contribution in [0.3, 0.4) is 0 Å². The maximum atomic E-state index is 13.2. The minimum absolute atomic E-state index is 0.131. The number of aromatic nitrogens is 1. The van der Waals surface area contributed by atoms with E-state index >= 15 is 0 Å². The van der Waals surface area contributed by atoms with Crippen LogP contribution in [-0.2, 0) is 0 Å². The van der Waals surface area contributed by atoms with Crippen LogP contribution in [0.4, 0.5) is 22.1 Å². The molecule has 0 unspecified atom stereocenters. The summed E-state index contributed by atoms with van der Waals surface area (Å²) in [5.74, 6) is -0.131. The molecule has 0 radical (unpaired) electrons. The van der Waals surface area contributed by atoms with E-state index < -0.39 is 0 Å². The number of aryl methyl sites for hydroxylation is 2. The van der Waals surface area contributed by atoms with E-state index in [4.69, 9.17) is 11.6 Å². The van der Waals surface area contributed by atoms with Crippen LogP contribution < -0.4 is 26.3 Å². The zero-order valence-corrected chi connectivity index (χ0v) is 19.7. The van der Waals surface area contributed by atoms with Gasteiger partial charge in [0.05, 0.1) is 22.5 Å². The van der Waals surface area contributed by atoms with Gasteiger partial charge in [-0.2, -0.15) is 0 Å². The number of anilines is 4. The van der Waals surface area contributed by atoms with Crippen molar-refractivity contribution in [1.29, 1.82) is 0 Å². The Balaban J connectivity index is 1.48. The molecule has 0 aliphatic carbocycles. The van der Waals surface area contributed by atoms with Crippen LogP contribution in [0.5, 0.6) is 0 Å². The third-order valence-corrected chi connectivity index (χ3v) is 6.80. The normalized spacial score (nSPS) is 13.0. The molecule has 5 rings (SSSR count). The summed E-state index contributed by atoms with van der Waals surface area (Å²) in [6.07, 6.45) is 1.95. The van der Waals surface area contributed by atoms with Crippen LogP contribution in [0.15, 0.2) is 48.0 Å². The molecule has 32 heavy (non-hydrogen) atoms. The van der Waals surface area contributed by atoms with Crippen molar-refractivity contribution in [3.05, 3.63) is 69.7 Å². The maximum Gasteiger partial charge on any atom is 0.258 e. The van der Waals surface area contributed by atoms with Gasteiger partial charge in [-0.3, -0.25) is 24.9 Å². The largest absolute Gasteiger partial charge is 0.321 e. The molecule has 164 valence electrons. The molecule has 1 aliphatic heterocycles. The number of halogens is 1. The molecule has 2 aromatic carbocycles. The van der Waals surface area contributed by atoms with E-state index in [1.807, 2.05) is 90.6 Å². The van der Waals surface area contributed by atoms with E-state index in [9.17, 15) is 4.79 Å². The first-order valence-corrected chi connectivity index (χ1v) is 11.4. The van der Waals surface area contributed by atoms with Gasteiger partial charge in [0.2, 0.25) is 0 Å². The number of nitrogens with one attached hydrogen (secondary N) is 3. The van der Waals surface area contributed by atoms with Crippen LogP contribution in [0.2, 0.25) is 5.02 Å². The second kappa shape index (κ2) is 7.74. The second-order valence-corrected chi connectivity index (χ2v) is 9.27. The Hall–Kier alpha value is -3.20. The first kappa shape index (κ1) is 20.7. The standard InChI is InChI=1S/C23H23ClN6OS/c1-13-9-15(24)11-16(10-13)26-30-8-7-17-19(30)6-5-14(2)20(17)25-22(31)18-12-32-23-21(18)28(3)27-29(23)4/h5-12,26-27H,1-4H3,(H,25,31). The van der Waals surface area contributed by atoms with E-state index in [1.54, 1.807) is 11.3 Å². The Morgan fingerprint density at radius 1 is 1.09 bits per heavy atom. The Morgan fingerprint density at radius 3 is 2.69 bits per heavy atom. The number of hydrogen-bond acceptors (Lipinski definition) is 6. The van der Waals surface area contributed by atoms with Gasteiger partial charge in [0, 0.05) is 36.1 Å². The fourth-order valence-electron chi connectivity index (χ4n) is 4.10. The monoisotopic (exact) mass is 466 g/mol. The Kier molecular flexibility index (Phi) is 5.00. The minimum Gasteiger partial charge on any atom is -0.321 e. The smallest absolute Gasteiger partial charge is 0.258 e. The minimum atomic E-state index is -0.131. The predicted molar refractivity (Wildman–Crippen MR) is 134 cm³/mol. The van der Waals surface area contributed by atoms with Crippen LogP contribution >= 0.6 is 22.9 Å². The third-order valence-electron chi connectivity index (χ3n) is 5.54. The lowest BCUT2D eigenvalue weighted by molar-refractivity contribution is 0.102. The van der Waals surface area contributed by atoms with Crippen LogP contribution in [-0.4, -0.2) is 24.7 Å². The first-order valence-electron chi connectivity index (χ1n) is 10.1. The Bertz CT molecular complexity index is 1340. The first-order chi connectivity index (χ1) is 15.3. The molecule has 7 nitrogen and oxygen atoms in total. The van der Waals surface area contributed by atoms with Gasteiger partial charge in [-0.15, -0.1) is 16.9 Å². The van der Waals surface area contributed by atoms with E-state index in [-0.39, 0.29) is 5.91 Å². The SMILES string of the molecule is Cc1cc(Cl)cc(Nn2ccc3c(NC(=O)c4csc5c4N(C)NN5C)c(C)ccc32)c1. The number of carbonyl (C=O) groups excluding carboxylic acids is 1. The van der Waals surface area contributed by atoms with Crippen molar-refractivity contribution in [2.24, 2.45) is 0 Å². The van der Waals surface area contributed by atoms with Crippen molar-refractivity contribution in [3.63, 3.8) is 0 Å². The lowest BCUT2D eigenvalue weighted by Crippen LogP contribution is -2.39. The summed E-state index contributed by atoms with van der Waals surface area (Å²) in [7, 11) is 3.84. The molecular formula is C23H23ClN6OS. The highest BCUT2D eigenvalue weighted by molar-refractivity contribution is 7.15. The third kappa shape index (κ3) is 3.46. The summed E-state index contributed by atoms with van der Waals surface area (Å²) in [4.78, 5) is 13.2. The summed E-state index contributed by atoms with van der Waals surface area (Å²) < 4.78 is 1.94. The van der Waals surface area contributed by atoms with Crippen LogP contribution in [0.1, 0.15) is 21.5 Å². The van der Waals surface area contributed by atoms with Gasteiger partial charge in [0.15, 0.2) is 0 Å². The topological polar surface area (TPSA) is 64.6 Å². The quantitative estimate of drug-likeness (QED) is 0.375. The fraction of sp³-hybridized carbons (Fsp3) is 0.174. The number of carbonyl (C=O) groups is 1. The molecule has 0 bridgehead atoms. The lowest BCUT2D eigenvalue weighted by atomic mass is 10.1. The second-order valence-electron chi connectivity index (χ2n) is 7.98. The zero-order chi connectivity index (χ0) is 22.6. The van der Waals surface area contributed by atoms with Crippen molar-refractivity contribution in [2.45, 2.75) is 13.8 Å². The molecule has 3 heterocycles. The number of amides is 1. The molecule has 0 spiro atoms. The van der Waals surface area contributed by atoms with E-state index in [1.165, 1.54) is 0 Å². The molecule has 0 fully saturated rings. The Labute approximate surface area is 195 Å². The number of hydrazine groups is 2. The molecule has 3 N–H and O–H groups in total. The van der Waals surface area contributed by atoms with Gasteiger partial charge in [-0.25, -0.2) is 0 Å². The molecule has 1 aliphatic rings. The summed E-state index contributed by atoms with van der Waals surface area (Å²) in [5.41, 5.74) is 12.8. The van der Waals surface area contributed by atoms with Gasteiger partial charge in [-0.1, -0.05) is 17.7 Å². The summed E-state index contributed by atoms with van der Waals surface area (Å²) >= 11 is 7.75. The lowest BCUT2D eigenvalue weighted by Gasteiger charge is -2.16. The highest BCUT2D eigenvalue weighted by Crippen LogP contribution is 2.41. The fourth-order valence-corrected chi connectivity index (χ4v) is 5.39. The predicted octanol–water partition coefficient (Wildman–Crippen LogP) is 5.41. The number of fused-ring (bicyclic) bond motifs is 2. The number of benzene rings is 2. The van der Waals surface area contributed by atoms with Gasteiger partial charge in [-0.05, 0) is 55.3 Å². The molecule has 9 heteroatoms. The molecule has 1 amide bonds. The average Bonchev–Trinajstić information content (AvgIpc) is 3.40. The number of nitrogens with zero attached hydrogens (tertiary/aromatic N) is 3. The summed E-state index contributed by atoms with van der Waals surface area (Å²) in [5, 5.41) is 11.5. The van der Waals surface area contributed by atoms with Gasteiger partial charge in [0.25, 0.3) is 5.91 Å². The Morgan fingerprint density at radius 2 is 1.91 bits per heavy atom. The van der Waals surface area contributed by atoms with Crippen LogP contribution in [0, 0.1) is 13.8 Å². The van der Waals surface area contributed by atoms with Crippen molar-refractivity contribution < 1.29 is 4.79 Å². The van der Waals surface area contributed by atoms with E-state index in [2.05, 4.69) is 16.3 Å². The van der Waals surface area contributed by atoms with Gasteiger partial charge in [0.1, 0.15) is 10.7 Å². The molecule has 0 saturated carbocycles. The maximum absolute atomic E-state index is 13.2. The molecule has 0 atom stereocenters. The number of rotatable bonds is 4. The van der Waals surface area contributed by atoms with E-state index in [0.717, 1.165) is 44.1 Å². The molecular weight excluding hydrogens is 444 g/mol. The van der Waals surface area contributed by atoms with Crippen molar-refractivity contribution in [2.75, 3.05) is 34.9 Å². The van der Waals surface area contributed by atoms with E-state index in [0.29, 0.717) is 10.6 Å². The van der Waals surface area contributed by atoms with Crippen molar-refractivity contribution >= 4 is 61.8 Å². The van der Waals surface area contributed by atoms with Crippen molar-refractivity contribution in [1.82, 2.24) is 10.2 Å². The number of thiophene rings is 1. The van der Waals surface area contributed by atoms with Crippen LogP contribution in [0.25, 0.3) is 10.9 Å².